The standard InChI is InChI=1S/C17H23NO/c1-3-5-10-16(18-12-4-2)17-15-9-7-6-8-14(15)11-13-19-17/h6-9,16-18H,4,10-13H2,1-2H3. The molecule has 0 amide bonds. The maximum atomic E-state index is 6.03. The van der Waals surface area contributed by atoms with Gasteiger partial charge in [-0.1, -0.05) is 31.2 Å². The fourth-order valence-electron chi connectivity index (χ4n) is 2.59. The van der Waals surface area contributed by atoms with Crippen molar-refractivity contribution < 1.29 is 4.74 Å². The topological polar surface area (TPSA) is 21.3 Å². The maximum absolute atomic E-state index is 6.03. The molecule has 2 rings (SSSR count). The SMILES string of the molecule is CC#CCC(NCCC)C1OCCc2ccccc21. The van der Waals surface area contributed by atoms with Crippen LogP contribution in [0.15, 0.2) is 24.3 Å². The van der Waals surface area contributed by atoms with Crippen molar-refractivity contribution in [3.05, 3.63) is 35.4 Å². The summed E-state index contributed by atoms with van der Waals surface area (Å²) < 4.78 is 6.03. The summed E-state index contributed by atoms with van der Waals surface area (Å²) in [6.07, 6.45) is 3.13. The Labute approximate surface area is 116 Å². The van der Waals surface area contributed by atoms with Gasteiger partial charge in [-0.25, -0.2) is 0 Å². The van der Waals surface area contributed by atoms with Gasteiger partial charge in [-0.15, -0.1) is 11.8 Å². The number of benzene rings is 1. The van der Waals surface area contributed by atoms with Crippen LogP contribution < -0.4 is 5.32 Å². The Hall–Kier alpha value is -1.30. The Kier molecular flexibility index (Phi) is 5.44. The van der Waals surface area contributed by atoms with E-state index in [4.69, 9.17) is 4.74 Å². The van der Waals surface area contributed by atoms with Gasteiger partial charge in [-0.2, -0.15) is 0 Å². The molecule has 0 saturated heterocycles. The molecule has 1 N–H and O–H groups in total. The minimum absolute atomic E-state index is 0.136. The second kappa shape index (κ2) is 7.33. The first-order chi connectivity index (χ1) is 9.36. The zero-order chi connectivity index (χ0) is 13.5. The molecule has 0 saturated carbocycles. The molecular formula is C17H23NO. The van der Waals surface area contributed by atoms with Gasteiger partial charge in [0.05, 0.1) is 12.7 Å². The fourth-order valence-corrected chi connectivity index (χ4v) is 2.59. The van der Waals surface area contributed by atoms with Crippen molar-refractivity contribution in [1.82, 2.24) is 5.32 Å². The zero-order valence-electron chi connectivity index (χ0n) is 11.9. The van der Waals surface area contributed by atoms with Crippen LogP contribution in [0.1, 0.15) is 43.9 Å². The van der Waals surface area contributed by atoms with E-state index in [1.807, 2.05) is 6.92 Å². The Morgan fingerprint density at radius 1 is 1.42 bits per heavy atom. The van der Waals surface area contributed by atoms with E-state index in [-0.39, 0.29) is 12.1 Å². The fraction of sp³-hybridized carbons (Fsp3) is 0.529. The summed E-state index contributed by atoms with van der Waals surface area (Å²) in [5.74, 6) is 6.18. The minimum Gasteiger partial charge on any atom is -0.372 e. The molecule has 2 unspecified atom stereocenters. The second-order valence-electron chi connectivity index (χ2n) is 4.93. The third-order valence-electron chi connectivity index (χ3n) is 3.55. The highest BCUT2D eigenvalue weighted by atomic mass is 16.5. The van der Waals surface area contributed by atoms with E-state index in [0.717, 1.165) is 32.4 Å². The van der Waals surface area contributed by atoms with Crippen molar-refractivity contribution in [2.75, 3.05) is 13.2 Å². The Bertz CT molecular complexity index is 458. The van der Waals surface area contributed by atoms with Crippen LogP contribution in [-0.2, 0) is 11.2 Å². The second-order valence-corrected chi connectivity index (χ2v) is 4.93. The van der Waals surface area contributed by atoms with Gasteiger partial charge in [0.25, 0.3) is 0 Å². The molecule has 1 aliphatic rings. The molecule has 2 heteroatoms. The van der Waals surface area contributed by atoms with Gasteiger partial charge in [0.15, 0.2) is 0 Å². The Morgan fingerprint density at radius 2 is 2.26 bits per heavy atom. The largest absolute Gasteiger partial charge is 0.372 e. The van der Waals surface area contributed by atoms with Gasteiger partial charge >= 0.3 is 0 Å². The highest BCUT2D eigenvalue weighted by Gasteiger charge is 2.27. The predicted octanol–water partition coefficient (Wildman–Crippen LogP) is 3.08. The molecule has 0 radical (unpaired) electrons. The van der Waals surface area contributed by atoms with Gasteiger partial charge in [0, 0.05) is 12.5 Å². The molecule has 0 spiro atoms. The summed E-state index contributed by atoms with van der Waals surface area (Å²) in [6.45, 7) is 5.90. The van der Waals surface area contributed by atoms with E-state index in [1.54, 1.807) is 0 Å². The minimum atomic E-state index is 0.136. The first-order valence-corrected chi connectivity index (χ1v) is 7.19. The summed E-state index contributed by atoms with van der Waals surface area (Å²) in [7, 11) is 0. The Morgan fingerprint density at radius 3 is 3.05 bits per heavy atom. The van der Waals surface area contributed by atoms with E-state index >= 15 is 0 Å². The van der Waals surface area contributed by atoms with Crippen molar-refractivity contribution in [2.24, 2.45) is 0 Å². The highest BCUT2D eigenvalue weighted by Crippen LogP contribution is 2.30. The number of rotatable bonds is 5. The first-order valence-electron chi connectivity index (χ1n) is 7.19. The smallest absolute Gasteiger partial charge is 0.0989 e. The van der Waals surface area contributed by atoms with Crippen molar-refractivity contribution in [3.63, 3.8) is 0 Å². The molecule has 0 aromatic heterocycles. The molecule has 19 heavy (non-hydrogen) atoms. The Balaban J connectivity index is 2.18. The molecule has 1 aromatic carbocycles. The van der Waals surface area contributed by atoms with Gasteiger partial charge in [0.1, 0.15) is 0 Å². The van der Waals surface area contributed by atoms with Crippen LogP contribution in [0.3, 0.4) is 0 Å². The molecule has 1 heterocycles. The summed E-state index contributed by atoms with van der Waals surface area (Å²) in [6, 6.07) is 8.91. The van der Waals surface area contributed by atoms with Crippen LogP contribution in [0.2, 0.25) is 0 Å². The van der Waals surface area contributed by atoms with E-state index in [0.29, 0.717) is 0 Å². The molecule has 2 nitrogen and oxygen atoms in total. The van der Waals surface area contributed by atoms with Gasteiger partial charge in [0.2, 0.25) is 0 Å². The number of hydrogen-bond donors (Lipinski definition) is 1. The quantitative estimate of drug-likeness (QED) is 0.819. The normalized spacial score (nSPS) is 19.2. The third-order valence-corrected chi connectivity index (χ3v) is 3.55. The highest BCUT2D eigenvalue weighted by molar-refractivity contribution is 5.32. The number of ether oxygens (including phenoxy) is 1. The monoisotopic (exact) mass is 257 g/mol. The van der Waals surface area contributed by atoms with Crippen molar-refractivity contribution in [2.45, 2.75) is 45.3 Å². The van der Waals surface area contributed by atoms with Crippen molar-refractivity contribution in [1.29, 1.82) is 0 Å². The molecule has 102 valence electrons. The number of hydrogen-bond acceptors (Lipinski definition) is 2. The van der Waals surface area contributed by atoms with Crippen LogP contribution in [0.4, 0.5) is 0 Å². The molecule has 0 bridgehead atoms. The molecule has 0 fully saturated rings. The van der Waals surface area contributed by atoms with E-state index in [1.165, 1.54) is 11.1 Å². The van der Waals surface area contributed by atoms with Crippen LogP contribution >= 0.6 is 0 Å². The summed E-state index contributed by atoms with van der Waals surface area (Å²) in [4.78, 5) is 0. The zero-order valence-corrected chi connectivity index (χ0v) is 11.9. The van der Waals surface area contributed by atoms with E-state index < -0.39 is 0 Å². The lowest BCUT2D eigenvalue weighted by Gasteiger charge is -2.32. The lowest BCUT2D eigenvalue weighted by atomic mass is 9.92. The van der Waals surface area contributed by atoms with Crippen LogP contribution in [0.5, 0.6) is 0 Å². The van der Waals surface area contributed by atoms with E-state index in [9.17, 15) is 0 Å². The lowest BCUT2D eigenvalue weighted by Crippen LogP contribution is -2.38. The average Bonchev–Trinajstić information content (AvgIpc) is 2.47. The lowest BCUT2D eigenvalue weighted by molar-refractivity contribution is 0.0166. The van der Waals surface area contributed by atoms with Crippen LogP contribution in [0.25, 0.3) is 0 Å². The summed E-state index contributed by atoms with van der Waals surface area (Å²) in [5.41, 5.74) is 2.76. The first kappa shape index (κ1) is 14.1. The third kappa shape index (κ3) is 3.59. The summed E-state index contributed by atoms with van der Waals surface area (Å²) in [5, 5.41) is 3.59. The molecule has 2 atom stereocenters. The van der Waals surface area contributed by atoms with Gasteiger partial charge in [-0.05, 0) is 37.4 Å². The van der Waals surface area contributed by atoms with Crippen molar-refractivity contribution in [3.8, 4) is 11.8 Å². The van der Waals surface area contributed by atoms with Gasteiger partial charge in [-0.3, -0.25) is 0 Å². The van der Waals surface area contributed by atoms with Crippen LogP contribution in [-0.4, -0.2) is 19.2 Å². The van der Waals surface area contributed by atoms with E-state index in [2.05, 4.69) is 48.3 Å². The number of fused-ring (bicyclic) bond motifs is 1. The van der Waals surface area contributed by atoms with Gasteiger partial charge < -0.3 is 10.1 Å². The molecule has 0 aliphatic carbocycles. The molecule has 1 aromatic rings. The molecular weight excluding hydrogens is 234 g/mol. The average molecular weight is 257 g/mol. The maximum Gasteiger partial charge on any atom is 0.0989 e. The molecule has 1 aliphatic heterocycles. The number of nitrogens with one attached hydrogen (secondary N) is 1. The van der Waals surface area contributed by atoms with Crippen LogP contribution in [0, 0.1) is 11.8 Å². The van der Waals surface area contributed by atoms with Crippen molar-refractivity contribution >= 4 is 0 Å². The predicted molar refractivity (Wildman–Crippen MR) is 79.0 cm³/mol. The summed E-state index contributed by atoms with van der Waals surface area (Å²) >= 11 is 0.